The van der Waals surface area contributed by atoms with E-state index in [2.05, 4.69) is 35.3 Å². The van der Waals surface area contributed by atoms with Gasteiger partial charge in [-0.25, -0.2) is 0 Å². The molecule has 0 atom stereocenters. The van der Waals surface area contributed by atoms with E-state index in [1.165, 1.54) is 0 Å². The normalized spacial score (nSPS) is 13.0. The molecule has 0 amide bonds. The first kappa shape index (κ1) is 11.6. The second-order valence-electron chi connectivity index (χ2n) is 3.78. The molecule has 1 rings (SSSR count). The second kappa shape index (κ2) is 5.44. The van der Waals surface area contributed by atoms with E-state index in [1.807, 2.05) is 26.0 Å². The van der Waals surface area contributed by atoms with Gasteiger partial charge < -0.3 is 0 Å². The van der Waals surface area contributed by atoms with E-state index in [1.54, 1.807) is 4.80 Å². The van der Waals surface area contributed by atoms with E-state index in [0.29, 0.717) is 11.7 Å². The number of aromatic nitrogens is 4. The van der Waals surface area contributed by atoms with Gasteiger partial charge in [-0.1, -0.05) is 32.1 Å². The predicted octanol–water partition coefficient (Wildman–Crippen LogP) is 2.31. The van der Waals surface area contributed by atoms with Gasteiger partial charge in [-0.3, -0.25) is 0 Å². The van der Waals surface area contributed by atoms with Crippen LogP contribution in [0.15, 0.2) is 18.2 Å². The Balaban J connectivity index is 2.71. The van der Waals surface area contributed by atoms with Crippen LogP contribution in [0.3, 0.4) is 0 Å². The quantitative estimate of drug-likeness (QED) is 0.710. The summed E-state index contributed by atoms with van der Waals surface area (Å²) in [6.07, 6.45) is 6.18. The summed E-state index contributed by atoms with van der Waals surface area (Å²) in [6.45, 7) is 9.02. The van der Waals surface area contributed by atoms with Gasteiger partial charge in [0.15, 0.2) is 0 Å². The molecule has 0 aliphatic carbocycles. The zero-order valence-corrected chi connectivity index (χ0v) is 9.81. The smallest absolute Gasteiger partial charge is 0.164 e. The van der Waals surface area contributed by atoms with Crippen molar-refractivity contribution in [1.29, 1.82) is 0 Å². The molecule has 4 nitrogen and oxygen atoms in total. The summed E-state index contributed by atoms with van der Waals surface area (Å²) in [5, 5.41) is 12.1. The van der Waals surface area contributed by atoms with Crippen LogP contribution in [0.2, 0.25) is 0 Å². The van der Waals surface area contributed by atoms with E-state index in [4.69, 9.17) is 0 Å². The van der Waals surface area contributed by atoms with Crippen LogP contribution in [0.25, 0.3) is 5.57 Å². The van der Waals surface area contributed by atoms with Crippen molar-refractivity contribution >= 4 is 5.57 Å². The maximum atomic E-state index is 4.22. The van der Waals surface area contributed by atoms with Gasteiger partial charge in [0.05, 0.1) is 6.54 Å². The molecule has 0 fully saturated rings. The molecule has 0 aliphatic heterocycles. The summed E-state index contributed by atoms with van der Waals surface area (Å²) >= 11 is 0. The van der Waals surface area contributed by atoms with E-state index >= 15 is 0 Å². The lowest BCUT2D eigenvalue weighted by molar-refractivity contribution is 0.552. The van der Waals surface area contributed by atoms with Crippen LogP contribution in [0.4, 0.5) is 0 Å². The molecule has 0 spiro atoms. The zero-order valence-electron chi connectivity index (χ0n) is 9.81. The molecule has 4 heteroatoms. The highest BCUT2D eigenvalue weighted by molar-refractivity contribution is 5.58. The van der Waals surface area contributed by atoms with Crippen molar-refractivity contribution in [3.8, 4) is 0 Å². The molecule has 1 aromatic rings. The van der Waals surface area contributed by atoms with Gasteiger partial charge in [-0.2, -0.15) is 4.80 Å². The second-order valence-corrected chi connectivity index (χ2v) is 3.78. The highest BCUT2D eigenvalue weighted by Crippen LogP contribution is 2.06. The average molecular weight is 206 g/mol. The Hall–Kier alpha value is -1.45. The molecule has 15 heavy (non-hydrogen) atoms. The summed E-state index contributed by atoms with van der Waals surface area (Å²) < 4.78 is 0. The highest BCUT2D eigenvalue weighted by atomic mass is 15.6. The van der Waals surface area contributed by atoms with Crippen molar-refractivity contribution in [1.82, 2.24) is 20.2 Å². The Kier molecular flexibility index (Phi) is 4.21. The molecule has 0 N–H and O–H groups in total. The summed E-state index contributed by atoms with van der Waals surface area (Å²) in [5.74, 6) is 1.26. The molecule has 0 radical (unpaired) electrons. The average Bonchev–Trinajstić information content (AvgIpc) is 2.65. The minimum atomic E-state index is 0.563. The van der Waals surface area contributed by atoms with E-state index in [0.717, 1.165) is 12.1 Å². The number of nitrogens with zero attached hydrogens (tertiary/aromatic N) is 4. The predicted molar refractivity (Wildman–Crippen MR) is 61.1 cm³/mol. The van der Waals surface area contributed by atoms with E-state index < -0.39 is 0 Å². The maximum absolute atomic E-state index is 4.22. The minimum Gasteiger partial charge on any atom is -0.164 e. The fraction of sp³-hybridized carbons (Fsp3) is 0.545. The molecule has 0 aromatic carbocycles. The Morgan fingerprint density at radius 2 is 2.20 bits per heavy atom. The molecule has 1 heterocycles. The van der Waals surface area contributed by atoms with Crippen LogP contribution in [-0.4, -0.2) is 20.2 Å². The first-order chi connectivity index (χ1) is 7.13. The van der Waals surface area contributed by atoms with Crippen molar-refractivity contribution in [2.45, 2.75) is 34.2 Å². The lowest BCUT2D eigenvalue weighted by Crippen LogP contribution is -1.98. The fourth-order valence-corrected chi connectivity index (χ4v) is 1.03. The Morgan fingerprint density at radius 1 is 1.47 bits per heavy atom. The van der Waals surface area contributed by atoms with Crippen molar-refractivity contribution in [3.05, 3.63) is 24.1 Å². The number of aryl methyl sites for hydroxylation is 1. The van der Waals surface area contributed by atoms with Crippen molar-refractivity contribution in [3.63, 3.8) is 0 Å². The standard InChI is InChI=1S/C11H18N4/c1-5-15-13-11(12-14-15)10(4)8-6-7-9(2)3/h6-9H,5H2,1-4H3/b7-6+,10-8+. The molecular weight excluding hydrogens is 188 g/mol. The van der Waals surface area contributed by atoms with Gasteiger partial charge in [0.2, 0.25) is 5.82 Å². The minimum absolute atomic E-state index is 0.563. The third-order valence-electron chi connectivity index (χ3n) is 1.93. The number of hydrogen-bond acceptors (Lipinski definition) is 3. The summed E-state index contributed by atoms with van der Waals surface area (Å²) in [7, 11) is 0. The molecular formula is C11H18N4. The van der Waals surface area contributed by atoms with Crippen LogP contribution in [0, 0.1) is 5.92 Å². The topological polar surface area (TPSA) is 43.6 Å². The monoisotopic (exact) mass is 206 g/mol. The lowest BCUT2D eigenvalue weighted by Gasteiger charge is -1.92. The number of allylic oxidation sites excluding steroid dienone is 4. The first-order valence-electron chi connectivity index (χ1n) is 5.26. The van der Waals surface area contributed by atoms with Crippen molar-refractivity contribution in [2.24, 2.45) is 5.92 Å². The Morgan fingerprint density at radius 3 is 2.73 bits per heavy atom. The number of hydrogen-bond donors (Lipinski definition) is 0. The van der Waals surface area contributed by atoms with Crippen LogP contribution in [0.5, 0.6) is 0 Å². The lowest BCUT2D eigenvalue weighted by atomic mass is 10.2. The molecule has 0 saturated carbocycles. The zero-order chi connectivity index (χ0) is 11.3. The Labute approximate surface area is 90.7 Å². The van der Waals surface area contributed by atoms with Gasteiger partial charge in [-0.05, 0) is 30.6 Å². The maximum Gasteiger partial charge on any atom is 0.200 e. The number of tetrazole rings is 1. The van der Waals surface area contributed by atoms with E-state index in [-0.39, 0.29) is 0 Å². The summed E-state index contributed by atoms with van der Waals surface area (Å²) in [6, 6.07) is 0. The van der Waals surface area contributed by atoms with Gasteiger partial charge in [0, 0.05) is 0 Å². The van der Waals surface area contributed by atoms with Crippen molar-refractivity contribution in [2.75, 3.05) is 0 Å². The van der Waals surface area contributed by atoms with Crippen LogP contribution in [0.1, 0.15) is 33.5 Å². The van der Waals surface area contributed by atoms with Crippen LogP contribution < -0.4 is 0 Å². The van der Waals surface area contributed by atoms with Gasteiger partial charge in [0.1, 0.15) is 0 Å². The van der Waals surface area contributed by atoms with Gasteiger partial charge in [-0.15, -0.1) is 10.2 Å². The number of rotatable bonds is 4. The van der Waals surface area contributed by atoms with Gasteiger partial charge >= 0.3 is 0 Å². The SMILES string of the molecule is CCn1nnc(/C(C)=C/C=C/C(C)C)n1. The summed E-state index contributed by atoms with van der Waals surface area (Å²) in [5.41, 5.74) is 1.03. The molecule has 82 valence electrons. The molecule has 0 saturated heterocycles. The highest BCUT2D eigenvalue weighted by Gasteiger charge is 2.01. The molecule has 0 aliphatic rings. The molecule has 0 bridgehead atoms. The molecule has 0 unspecified atom stereocenters. The third kappa shape index (κ3) is 3.65. The molecule has 1 aromatic heterocycles. The van der Waals surface area contributed by atoms with E-state index in [9.17, 15) is 0 Å². The Bertz CT molecular complexity index is 360. The van der Waals surface area contributed by atoms with Crippen LogP contribution >= 0.6 is 0 Å². The van der Waals surface area contributed by atoms with Crippen molar-refractivity contribution < 1.29 is 0 Å². The van der Waals surface area contributed by atoms with Crippen LogP contribution in [-0.2, 0) is 6.54 Å². The van der Waals surface area contributed by atoms with Gasteiger partial charge in [0.25, 0.3) is 0 Å². The largest absolute Gasteiger partial charge is 0.200 e. The summed E-state index contributed by atoms with van der Waals surface area (Å²) in [4.78, 5) is 1.58. The third-order valence-corrected chi connectivity index (χ3v) is 1.93. The first-order valence-corrected chi connectivity index (χ1v) is 5.26. The fourth-order valence-electron chi connectivity index (χ4n) is 1.03.